The average Bonchev–Trinajstić information content (AvgIpc) is 3.02. The molecule has 0 spiro atoms. The number of benzene rings is 2. The highest BCUT2D eigenvalue weighted by Crippen LogP contribution is 2.25. The maximum absolute atomic E-state index is 6.02. The van der Waals surface area contributed by atoms with Gasteiger partial charge in [-0.05, 0) is 36.8 Å². The van der Waals surface area contributed by atoms with Gasteiger partial charge in [0.25, 0.3) is 0 Å². The fourth-order valence-corrected chi connectivity index (χ4v) is 2.57. The van der Waals surface area contributed by atoms with Gasteiger partial charge in [0, 0.05) is 16.6 Å². The topological polar surface area (TPSA) is 25.2 Å². The van der Waals surface area contributed by atoms with E-state index in [0.717, 1.165) is 17.1 Å². The first-order valence-electron chi connectivity index (χ1n) is 7.35. The van der Waals surface area contributed by atoms with Gasteiger partial charge in [-0.3, -0.25) is 0 Å². The zero-order chi connectivity index (χ0) is 15.4. The summed E-state index contributed by atoms with van der Waals surface area (Å²) in [4.78, 5) is 0. The van der Waals surface area contributed by atoms with Crippen molar-refractivity contribution in [1.82, 2.24) is 5.32 Å². The van der Waals surface area contributed by atoms with Crippen LogP contribution in [-0.2, 0) is 6.54 Å². The largest absolute Gasteiger partial charge is 0.460 e. The van der Waals surface area contributed by atoms with Crippen LogP contribution in [0.1, 0.15) is 24.3 Å². The van der Waals surface area contributed by atoms with E-state index in [1.165, 1.54) is 5.56 Å². The Bertz CT molecular complexity index is 736. The van der Waals surface area contributed by atoms with Crippen LogP contribution < -0.4 is 5.32 Å². The van der Waals surface area contributed by atoms with Crippen molar-refractivity contribution in [2.24, 2.45) is 0 Å². The van der Waals surface area contributed by atoms with Crippen LogP contribution in [0, 0.1) is 0 Å². The molecule has 1 N–H and O–H groups in total. The molecule has 2 aromatic carbocycles. The molecule has 112 valence electrons. The van der Waals surface area contributed by atoms with Crippen LogP contribution in [0.25, 0.3) is 11.3 Å². The van der Waals surface area contributed by atoms with Crippen LogP contribution in [0.2, 0.25) is 5.02 Å². The Morgan fingerprint density at radius 1 is 1.00 bits per heavy atom. The molecule has 0 aliphatic heterocycles. The summed E-state index contributed by atoms with van der Waals surface area (Å²) >= 11 is 6.02. The minimum atomic E-state index is 0.279. The molecule has 0 amide bonds. The fraction of sp³-hybridized carbons (Fsp3) is 0.158. The molecule has 0 radical (unpaired) electrons. The van der Waals surface area contributed by atoms with Gasteiger partial charge in [-0.2, -0.15) is 0 Å². The van der Waals surface area contributed by atoms with Crippen LogP contribution in [0.15, 0.2) is 71.1 Å². The molecular weight excluding hydrogens is 294 g/mol. The summed E-state index contributed by atoms with van der Waals surface area (Å²) in [6.07, 6.45) is 0. The molecule has 0 bridgehead atoms. The molecule has 0 saturated heterocycles. The third-order valence-corrected chi connectivity index (χ3v) is 3.89. The van der Waals surface area contributed by atoms with Crippen molar-refractivity contribution < 1.29 is 4.42 Å². The second-order valence-corrected chi connectivity index (χ2v) is 5.73. The highest BCUT2D eigenvalue weighted by molar-refractivity contribution is 6.30. The molecule has 0 aliphatic carbocycles. The lowest BCUT2D eigenvalue weighted by atomic mass is 10.1. The monoisotopic (exact) mass is 311 g/mol. The lowest BCUT2D eigenvalue weighted by Gasteiger charge is -2.12. The van der Waals surface area contributed by atoms with Crippen molar-refractivity contribution >= 4 is 11.6 Å². The third kappa shape index (κ3) is 3.59. The molecule has 0 saturated carbocycles. The second-order valence-electron chi connectivity index (χ2n) is 5.29. The number of nitrogens with one attached hydrogen (secondary N) is 1. The van der Waals surface area contributed by atoms with Gasteiger partial charge < -0.3 is 9.73 Å². The highest BCUT2D eigenvalue weighted by Gasteiger charge is 2.08. The lowest BCUT2D eigenvalue weighted by Crippen LogP contribution is -2.17. The number of hydrogen-bond donors (Lipinski definition) is 1. The summed E-state index contributed by atoms with van der Waals surface area (Å²) in [5, 5.41) is 4.19. The van der Waals surface area contributed by atoms with E-state index in [-0.39, 0.29) is 6.04 Å². The van der Waals surface area contributed by atoms with Gasteiger partial charge in [-0.15, -0.1) is 0 Å². The van der Waals surface area contributed by atoms with Crippen molar-refractivity contribution in [2.75, 3.05) is 0 Å². The molecular formula is C19H18ClNO. The van der Waals surface area contributed by atoms with E-state index in [1.54, 1.807) is 0 Å². The summed E-state index contributed by atoms with van der Waals surface area (Å²) < 4.78 is 5.89. The van der Waals surface area contributed by atoms with E-state index >= 15 is 0 Å². The molecule has 3 rings (SSSR count). The molecule has 3 aromatic rings. The normalized spacial score (nSPS) is 12.3. The maximum atomic E-state index is 6.02. The Kier molecular flexibility index (Phi) is 4.62. The zero-order valence-corrected chi connectivity index (χ0v) is 13.2. The highest BCUT2D eigenvalue weighted by atomic mass is 35.5. The molecule has 22 heavy (non-hydrogen) atoms. The Morgan fingerprint density at radius 3 is 2.59 bits per heavy atom. The zero-order valence-electron chi connectivity index (χ0n) is 12.4. The standard InChI is InChI=1S/C19H18ClNO/c1-14(15-6-3-2-4-7-15)21-13-18-10-11-19(22-18)16-8-5-9-17(20)12-16/h2-12,14,21H,13H2,1H3/t14-/m0/s1. The van der Waals surface area contributed by atoms with E-state index < -0.39 is 0 Å². The molecule has 2 nitrogen and oxygen atoms in total. The van der Waals surface area contributed by atoms with Crippen LogP contribution in [0.3, 0.4) is 0 Å². The minimum Gasteiger partial charge on any atom is -0.460 e. The van der Waals surface area contributed by atoms with Crippen LogP contribution in [-0.4, -0.2) is 0 Å². The molecule has 1 heterocycles. The second kappa shape index (κ2) is 6.82. The van der Waals surface area contributed by atoms with Crippen LogP contribution in [0.4, 0.5) is 0 Å². The van der Waals surface area contributed by atoms with Gasteiger partial charge in [-0.1, -0.05) is 54.1 Å². The van der Waals surface area contributed by atoms with Gasteiger partial charge in [0.15, 0.2) is 0 Å². The average molecular weight is 312 g/mol. The molecule has 0 fully saturated rings. The summed E-state index contributed by atoms with van der Waals surface area (Å²) in [5.41, 5.74) is 2.26. The first-order valence-corrected chi connectivity index (χ1v) is 7.73. The summed E-state index contributed by atoms with van der Waals surface area (Å²) in [6, 6.07) is 22.3. The van der Waals surface area contributed by atoms with Crippen molar-refractivity contribution in [1.29, 1.82) is 0 Å². The van der Waals surface area contributed by atoms with Gasteiger partial charge in [-0.25, -0.2) is 0 Å². The SMILES string of the molecule is C[C@H](NCc1ccc(-c2cccc(Cl)c2)o1)c1ccccc1. The number of rotatable bonds is 5. The number of hydrogen-bond acceptors (Lipinski definition) is 2. The number of halogens is 1. The van der Waals surface area contributed by atoms with E-state index in [2.05, 4.69) is 36.5 Å². The molecule has 0 aliphatic rings. The van der Waals surface area contributed by atoms with E-state index in [1.807, 2.05) is 42.5 Å². The molecule has 1 atom stereocenters. The summed E-state index contributed by atoms with van der Waals surface area (Å²) in [7, 11) is 0. The summed E-state index contributed by atoms with van der Waals surface area (Å²) in [5.74, 6) is 1.75. The van der Waals surface area contributed by atoms with Gasteiger partial charge in [0.1, 0.15) is 11.5 Å². The van der Waals surface area contributed by atoms with Gasteiger partial charge in [0.05, 0.1) is 6.54 Å². The van der Waals surface area contributed by atoms with Crippen LogP contribution >= 0.6 is 11.6 Å². The van der Waals surface area contributed by atoms with Crippen molar-refractivity contribution in [2.45, 2.75) is 19.5 Å². The van der Waals surface area contributed by atoms with Crippen molar-refractivity contribution in [3.05, 3.63) is 83.1 Å². The fourth-order valence-electron chi connectivity index (χ4n) is 2.38. The van der Waals surface area contributed by atoms with Crippen LogP contribution in [0.5, 0.6) is 0 Å². The van der Waals surface area contributed by atoms with Crippen molar-refractivity contribution in [3.8, 4) is 11.3 Å². The first kappa shape index (κ1) is 14.9. The first-order chi connectivity index (χ1) is 10.7. The lowest BCUT2D eigenvalue weighted by molar-refractivity contribution is 0.468. The smallest absolute Gasteiger partial charge is 0.134 e. The Morgan fingerprint density at radius 2 is 1.82 bits per heavy atom. The van der Waals surface area contributed by atoms with Gasteiger partial charge >= 0.3 is 0 Å². The van der Waals surface area contributed by atoms with E-state index in [0.29, 0.717) is 11.6 Å². The maximum Gasteiger partial charge on any atom is 0.134 e. The molecule has 1 aromatic heterocycles. The summed E-state index contributed by atoms with van der Waals surface area (Å²) in [6.45, 7) is 2.84. The Balaban J connectivity index is 1.65. The Labute approximate surface area is 135 Å². The number of furan rings is 1. The third-order valence-electron chi connectivity index (χ3n) is 3.65. The Hall–Kier alpha value is -2.03. The molecule has 0 unspecified atom stereocenters. The predicted octanol–water partition coefficient (Wildman–Crippen LogP) is 5.45. The van der Waals surface area contributed by atoms with Crippen molar-refractivity contribution in [3.63, 3.8) is 0 Å². The quantitative estimate of drug-likeness (QED) is 0.677. The van der Waals surface area contributed by atoms with Gasteiger partial charge in [0.2, 0.25) is 0 Å². The molecule has 3 heteroatoms. The van der Waals surface area contributed by atoms with E-state index in [9.17, 15) is 0 Å². The van der Waals surface area contributed by atoms with E-state index in [4.69, 9.17) is 16.0 Å². The minimum absolute atomic E-state index is 0.279. The predicted molar refractivity (Wildman–Crippen MR) is 90.9 cm³/mol.